The van der Waals surface area contributed by atoms with Crippen molar-refractivity contribution in [1.29, 1.82) is 0 Å². The molecule has 3 nitrogen and oxygen atoms in total. The quantitative estimate of drug-likeness (QED) is 0.914. The maximum Gasteiger partial charge on any atom is 0.238 e. The number of carbonyl (C=O) groups excluding carboxylic acids is 1. The molecule has 3 rings (SSSR count). The van der Waals surface area contributed by atoms with Crippen LogP contribution in [0, 0.1) is 12.7 Å². The van der Waals surface area contributed by atoms with Gasteiger partial charge in [0.15, 0.2) is 0 Å². The minimum atomic E-state index is -0.262. The summed E-state index contributed by atoms with van der Waals surface area (Å²) >= 11 is 1.56. The van der Waals surface area contributed by atoms with Crippen LogP contribution >= 0.6 is 11.8 Å². The number of aromatic amines is 1. The Hall–Kier alpha value is -1.75. The first-order chi connectivity index (χ1) is 9.16. The lowest BCUT2D eigenvalue weighted by Gasteiger charge is -2.24. The largest absolute Gasteiger partial charge is 0.363 e. The van der Waals surface area contributed by atoms with Crippen molar-refractivity contribution in [2.75, 3.05) is 10.7 Å². The molecule has 1 aliphatic rings. The number of rotatable bonds is 2. The molecule has 1 unspecified atom stereocenters. The molecule has 5 heteroatoms. The monoisotopic (exact) mass is 276 g/mol. The number of nitrogens with zero attached hydrogens (tertiary/aromatic N) is 1. The summed E-state index contributed by atoms with van der Waals surface area (Å²) < 4.78 is 13.0. The first-order valence-corrected chi connectivity index (χ1v) is 7.05. The third-order valence-corrected chi connectivity index (χ3v) is 4.42. The first-order valence-electron chi connectivity index (χ1n) is 6.00. The van der Waals surface area contributed by atoms with Crippen LogP contribution in [0.1, 0.15) is 16.6 Å². The zero-order chi connectivity index (χ0) is 13.4. The van der Waals surface area contributed by atoms with Gasteiger partial charge in [0, 0.05) is 11.9 Å². The Kier molecular flexibility index (Phi) is 3.06. The van der Waals surface area contributed by atoms with E-state index in [9.17, 15) is 9.18 Å². The molecule has 98 valence electrons. The number of carbonyl (C=O) groups is 1. The standard InChI is InChI=1S/C14H13FN2OS/c1-9-12(6-7-16-9)17-13(18)8-19-14(17)10-2-4-11(15)5-3-10/h2-7,14,16H,8H2,1H3. The lowest BCUT2D eigenvalue weighted by molar-refractivity contribution is -0.115. The van der Waals surface area contributed by atoms with Crippen molar-refractivity contribution in [3.8, 4) is 0 Å². The van der Waals surface area contributed by atoms with E-state index in [-0.39, 0.29) is 17.1 Å². The van der Waals surface area contributed by atoms with Gasteiger partial charge in [-0.3, -0.25) is 9.69 Å². The van der Waals surface area contributed by atoms with E-state index in [1.807, 2.05) is 19.2 Å². The second-order valence-corrected chi connectivity index (χ2v) is 5.54. The van der Waals surface area contributed by atoms with Crippen molar-refractivity contribution >= 4 is 23.4 Å². The molecule has 1 aliphatic heterocycles. The Labute approximate surface area is 114 Å². The van der Waals surface area contributed by atoms with Crippen molar-refractivity contribution in [3.05, 3.63) is 53.6 Å². The van der Waals surface area contributed by atoms with Crippen LogP contribution in [0.3, 0.4) is 0 Å². The molecule has 0 spiro atoms. The van der Waals surface area contributed by atoms with Crippen LogP contribution < -0.4 is 4.90 Å². The Morgan fingerprint density at radius 3 is 2.68 bits per heavy atom. The number of nitrogens with one attached hydrogen (secondary N) is 1. The number of benzene rings is 1. The normalized spacial score (nSPS) is 19.2. The minimum absolute atomic E-state index is 0.0809. The van der Waals surface area contributed by atoms with E-state index in [1.165, 1.54) is 12.1 Å². The Balaban J connectivity index is 1.99. The summed E-state index contributed by atoms with van der Waals surface area (Å²) in [5.74, 6) is 0.275. The molecule has 0 saturated carbocycles. The lowest BCUT2D eigenvalue weighted by atomic mass is 10.2. The SMILES string of the molecule is Cc1[nH]ccc1N1C(=O)CSC1c1ccc(F)cc1. The van der Waals surface area contributed by atoms with Crippen LogP contribution in [-0.2, 0) is 4.79 Å². The minimum Gasteiger partial charge on any atom is -0.363 e. The van der Waals surface area contributed by atoms with Gasteiger partial charge in [-0.15, -0.1) is 11.8 Å². The Morgan fingerprint density at radius 2 is 2.05 bits per heavy atom. The van der Waals surface area contributed by atoms with Gasteiger partial charge in [-0.2, -0.15) is 0 Å². The molecule has 1 fully saturated rings. The topological polar surface area (TPSA) is 36.1 Å². The highest BCUT2D eigenvalue weighted by Gasteiger charge is 2.34. The van der Waals surface area contributed by atoms with Crippen molar-refractivity contribution in [2.45, 2.75) is 12.3 Å². The van der Waals surface area contributed by atoms with Gasteiger partial charge in [0.25, 0.3) is 0 Å². The number of halogens is 1. The number of thioether (sulfide) groups is 1. The summed E-state index contributed by atoms with van der Waals surface area (Å²) in [5, 5.41) is -0.0809. The second kappa shape index (κ2) is 4.74. The Bertz CT molecular complexity index is 608. The van der Waals surface area contributed by atoms with Gasteiger partial charge >= 0.3 is 0 Å². The average Bonchev–Trinajstić information content (AvgIpc) is 2.96. The number of aryl methyl sites for hydroxylation is 1. The maximum atomic E-state index is 13.0. The molecule has 1 aromatic heterocycles. The van der Waals surface area contributed by atoms with Crippen molar-refractivity contribution in [1.82, 2.24) is 4.98 Å². The molecule has 0 radical (unpaired) electrons. The van der Waals surface area contributed by atoms with Gasteiger partial charge in [-0.05, 0) is 30.7 Å². The van der Waals surface area contributed by atoms with Crippen LogP contribution in [0.15, 0.2) is 36.5 Å². The molecular formula is C14H13FN2OS. The van der Waals surface area contributed by atoms with Crippen LogP contribution in [0.5, 0.6) is 0 Å². The van der Waals surface area contributed by atoms with E-state index < -0.39 is 0 Å². The third kappa shape index (κ3) is 2.14. The molecule has 1 atom stereocenters. The summed E-state index contributed by atoms with van der Waals surface area (Å²) in [6, 6.07) is 8.23. The van der Waals surface area contributed by atoms with Crippen molar-refractivity contribution in [3.63, 3.8) is 0 Å². The first kappa shape index (κ1) is 12.3. The number of hydrogen-bond donors (Lipinski definition) is 1. The Morgan fingerprint density at radius 1 is 1.32 bits per heavy atom. The average molecular weight is 276 g/mol. The smallest absolute Gasteiger partial charge is 0.238 e. The molecule has 1 saturated heterocycles. The highest BCUT2D eigenvalue weighted by atomic mass is 32.2. The summed E-state index contributed by atoms with van der Waals surface area (Å²) in [6.45, 7) is 1.94. The molecule has 1 N–H and O–H groups in total. The number of amides is 1. The summed E-state index contributed by atoms with van der Waals surface area (Å²) in [5.41, 5.74) is 2.80. The maximum absolute atomic E-state index is 13.0. The predicted molar refractivity (Wildman–Crippen MR) is 74.6 cm³/mol. The molecule has 1 aromatic carbocycles. The molecule has 1 amide bonds. The van der Waals surface area contributed by atoms with Crippen molar-refractivity contribution in [2.24, 2.45) is 0 Å². The van der Waals surface area contributed by atoms with E-state index in [0.717, 1.165) is 16.9 Å². The fraction of sp³-hybridized carbons (Fsp3) is 0.214. The number of aromatic nitrogens is 1. The second-order valence-electron chi connectivity index (χ2n) is 4.47. The van der Waals surface area contributed by atoms with Gasteiger partial charge in [0.1, 0.15) is 11.2 Å². The molecule has 19 heavy (non-hydrogen) atoms. The number of H-pyrrole nitrogens is 1. The van der Waals surface area contributed by atoms with Gasteiger partial charge < -0.3 is 4.98 Å². The fourth-order valence-corrected chi connectivity index (χ4v) is 3.43. The zero-order valence-corrected chi connectivity index (χ0v) is 11.2. The van der Waals surface area contributed by atoms with Crippen LogP contribution in [0.25, 0.3) is 0 Å². The lowest BCUT2D eigenvalue weighted by Crippen LogP contribution is -2.28. The predicted octanol–water partition coefficient (Wildman–Crippen LogP) is 3.24. The van der Waals surface area contributed by atoms with E-state index in [4.69, 9.17) is 0 Å². The van der Waals surface area contributed by atoms with Gasteiger partial charge in [-0.25, -0.2) is 4.39 Å². The summed E-state index contributed by atoms with van der Waals surface area (Å²) in [6.07, 6.45) is 1.82. The third-order valence-electron chi connectivity index (χ3n) is 3.21. The van der Waals surface area contributed by atoms with Crippen LogP contribution in [0.4, 0.5) is 10.1 Å². The van der Waals surface area contributed by atoms with E-state index in [2.05, 4.69) is 4.98 Å². The number of hydrogen-bond acceptors (Lipinski definition) is 2. The summed E-state index contributed by atoms with van der Waals surface area (Å²) in [4.78, 5) is 17.0. The zero-order valence-electron chi connectivity index (χ0n) is 10.4. The molecule has 2 heterocycles. The van der Waals surface area contributed by atoms with E-state index in [0.29, 0.717) is 5.75 Å². The van der Waals surface area contributed by atoms with Crippen molar-refractivity contribution < 1.29 is 9.18 Å². The molecule has 0 bridgehead atoms. The highest BCUT2D eigenvalue weighted by molar-refractivity contribution is 8.00. The van der Waals surface area contributed by atoms with Gasteiger partial charge in [0.05, 0.1) is 11.4 Å². The van der Waals surface area contributed by atoms with E-state index >= 15 is 0 Å². The molecule has 0 aliphatic carbocycles. The summed E-state index contributed by atoms with van der Waals surface area (Å²) in [7, 11) is 0. The highest BCUT2D eigenvalue weighted by Crippen LogP contribution is 2.42. The van der Waals surface area contributed by atoms with Crippen LogP contribution in [-0.4, -0.2) is 16.6 Å². The molecular weight excluding hydrogens is 263 g/mol. The van der Waals surface area contributed by atoms with Crippen LogP contribution in [0.2, 0.25) is 0 Å². The van der Waals surface area contributed by atoms with E-state index in [1.54, 1.807) is 28.8 Å². The van der Waals surface area contributed by atoms with Gasteiger partial charge in [-0.1, -0.05) is 12.1 Å². The fourth-order valence-electron chi connectivity index (χ4n) is 2.26. The molecule has 2 aromatic rings. The number of anilines is 1. The van der Waals surface area contributed by atoms with Gasteiger partial charge in [0.2, 0.25) is 5.91 Å².